The number of carbonyl (C=O) groups is 1. The second-order valence-electron chi connectivity index (χ2n) is 5.91. The zero-order valence-electron chi connectivity index (χ0n) is 12.7. The Kier molecular flexibility index (Phi) is 5.20. The van der Waals surface area contributed by atoms with E-state index in [0.717, 1.165) is 0 Å². The zero-order valence-corrected chi connectivity index (χ0v) is 12.7. The normalized spacial score (nSPS) is 21.9. The number of alkyl halides is 3. The van der Waals surface area contributed by atoms with Crippen LogP contribution in [0.2, 0.25) is 0 Å². The molecule has 0 saturated carbocycles. The summed E-state index contributed by atoms with van der Waals surface area (Å²) < 4.78 is 42.0. The Balaban J connectivity index is 1.74. The van der Waals surface area contributed by atoms with Crippen LogP contribution in [-0.4, -0.2) is 54.4 Å². The molecule has 0 bridgehead atoms. The second kappa shape index (κ2) is 6.79. The van der Waals surface area contributed by atoms with Crippen molar-refractivity contribution in [1.82, 2.24) is 15.5 Å². The Labute approximate surface area is 131 Å². The molecule has 1 aliphatic heterocycles. The van der Waals surface area contributed by atoms with Gasteiger partial charge in [-0.1, -0.05) is 0 Å². The van der Waals surface area contributed by atoms with E-state index >= 15 is 0 Å². The average molecular weight is 335 g/mol. The van der Waals surface area contributed by atoms with Crippen LogP contribution in [0.5, 0.6) is 0 Å². The minimum Gasteiger partial charge on any atom is -0.466 e. The highest BCUT2D eigenvalue weighted by Crippen LogP contribution is 2.21. The lowest BCUT2D eigenvalue weighted by Gasteiger charge is -2.22. The molecular formula is C14H20F3N3O3. The molecule has 2 amide bonds. The van der Waals surface area contributed by atoms with Crippen molar-refractivity contribution in [2.75, 3.05) is 26.2 Å². The molecule has 1 saturated heterocycles. The quantitative estimate of drug-likeness (QED) is 0.761. The summed E-state index contributed by atoms with van der Waals surface area (Å²) >= 11 is 0. The van der Waals surface area contributed by atoms with E-state index in [4.69, 9.17) is 4.42 Å². The molecule has 2 atom stereocenters. The summed E-state index contributed by atoms with van der Waals surface area (Å²) in [5, 5.41) is 15.3. The number of aliphatic hydroxyl groups is 1. The van der Waals surface area contributed by atoms with Crippen LogP contribution >= 0.6 is 0 Å². The number of hydrogen-bond acceptors (Lipinski definition) is 4. The van der Waals surface area contributed by atoms with E-state index < -0.39 is 24.4 Å². The number of halogens is 3. The van der Waals surface area contributed by atoms with Gasteiger partial charge in [0.1, 0.15) is 11.4 Å². The minimum absolute atomic E-state index is 0.0780. The van der Waals surface area contributed by atoms with Gasteiger partial charge in [-0.15, -0.1) is 0 Å². The number of urea groups is 1. The van der Waals surface area contributed by atoms with Gasteiger partial charge >= 0.3 is 12.2 Å². The van der Waals surface area contributed by atoms with E-state index in [1.807, 2.05) is 0 Å². The molecule has 0 aliphatic carbocycles. The van der Waals surface area contributed by atoms with Gasteiger partial charge in [-0.2, -0.15) is 13.2 Å². The summed E-state index contributed by atoms with van der Waals surface area (Å²) in [6.45, 7) is 0.883. The van der Waals surface area contributed by atoms with Crippen molar-refractivity contribution in [2.45, 2.75) is 31.2 Å². The van der Waals surface area contributed by atoms with Gasteiger partial charge in [-0.3, -0.25) is 4.90 Å². The molecule has 0 spiro atoms. The van der Waals surface area contributed by atoms with E-state index in [-0.39, 0.29) is 25.7 Å². The van der Waals surface area contributed by atoms with Gasteiger partial charge in [-0.05, 0) is 25.5 Å². The lowest BCUT2D eigenvalue weighted by atomic mass is 10.0. The number of carbonyl (C=O) groups excluding carboxylic acids is 1. The highest BCUT2D eigenvalue weighted by atomic mass is 19.4. The summed E-state index contributed by atoms with van der Waals surface area (Å²) in [7, 11) is 0. The van der Waals surface area contributed by atoms with E-state index in [2.05, 4.69) is 10.6 Å². The van der Waals surface area contributed by atoms with Crippen molar-refractivity contribution >= 4 is 6.03 Å². The molecule has 1 aromatic rings. The molecule has 23 heavy (non-hydrogen) atoms. The van der Waals surface area contributed by atoms with E-state index in [0.29, 0.717) is 12.2 Å². The molecule has 0 aromatic carbocycles. The lowest BCUT2D eigenvalue weighted by molar-refractivity contribution is -0.143. The first kappa shape index (κ1) is 17.6. The number of amides is 2. The number of nitrogens with zero attached hydrogens (tertiary/aromatic N) is 1. The van der Waals surface area contributed by atoms with Crippen molar-refractivity contribution in [3.05, 3.63) is 24.2 Å². The van der Waals surface area contributed by atoms with Crippen LogP contribution in [0.4, 0.5) is 18.0 Å². The molecule has 1 fully saturated rings. The highest BCUT2D eigenvalue weighted by Gasteiger charge is 2.35. The van der Waals surface area contributed by atoms with Gasteiger partial charge in [-0.25, -0.2) is 4.79 Å². The Bertz CT molecular complexity index is 517. The Morgan fingerprint density at radius 2 is 2.26 bits per heavy atom. The fourth-order valence-corrected chi connectivity index (χ4v) is 2.51. The monoisotopic (exact) mass is 335 g/mol. The largest absolute Gasteiger partial charge is 0.466 e. The number of rotatable bonds is 5. The Morgan fingerprint density at radius 3 is 2.87 bits per heavy atom. The van der Waals surface area contributed by atoms with Gasteiger partial charge < -0.3 is 20.2 Å². The molecule has 1 aliphatic rings. The number of hydrogen-bond donors (Lipinski definition) is 3. The van der Waals surface area contributed by atoms with E-state index in [1.54, 1.807) is 12.1 Å². The molecule has 0 radical (unpaired) electrons. The highest BCUT2D eigenvalue weighted by molar-refractivity contribution is 5.74. The van der Waals surface area contributed by atoms with Crippen molar-refractivity contribution < 1.29 is 27.5 Å². The third-order valence-corrected chi connectivity index (χ3v) is 3.66. The number of nitrogens with one attached hydrogen (secondary N) is 2. The van der Waals surface area contributed by atoms with Gasteiger partial charge in [0, 0.05) is 19.1 Å². The molecule has 130 valence electrons. The van der Waals surface area contributed by atoms with Crippen molar-refractivity contribution in [3.8, 4) is 0 Å². The average Bonchev–Trinajstić information content (AvgIpc) is 3.06. The summed E-state index contributed by atoms with van der Waals surface area (Å²) in [6.07, 6.45) is -2.37. The third kappa shape index (κ3) is 5.43. The Morgan fingerprint density at radius 1 is 1.52 bits per heavy atom. The van der Waals surface area contributed by atoms with Crippen molar-refractivity contribution in [2.24, 2.45) is 0 Å². The topological polar surface area (TPSA) is 77.7 Å². The lowest BCUT2D eigenvalue weighted by Crippen LogP contribution is -2.47. The third-order valence-electron chi connectivity index (χ3n) is 3.66. The molecule has 9 heteroatoms. The van der Waals surface area contributed by atoms with Crippen LogP contribution in [0.3, 0.4) is 0 Å². The molecule has 2 rings (SSSR count). The predicted octanol–water partition coefficient (Wildman–Crippen LogP) is 1.42. The maximum absolute atomic E-state index is 12.3. The maximum Gasteiger partial charge on any atom is 0.401 e. The minimum atomic E-state index is -4.24. The number of likely N-dealkylation sites (tertiary alicyclic amines) is 1. The Hall–Kier alpha value is -1.74. The van der Waals surface area contributed by atoms with Crippen LogP contribution in [0.25, 0.3) is 0 Å². The molecule has 1 aromatic heterocycles. The molecular weight excluding hydrogens is 315 g/mol. The smallest absolute Gasteiger partial charge is 0.401 e. The standard InChI is InChI=1S/C14H20F3N3O3/c1-13(22,11-3-2-6-23-11)8-18-12(21)19-10-4-5-20(7-10)9-14(15,16)17/h2-3,6,10,22H,4-5,7-9H2,1H3,(H2,18,19,21). The first-order valence-corrected chi connectivity index (χ1v) is 7.25. The van der Waals surface area contributed by atoms with Crippen LogP contribution in [0.1, 0.15) is 19.1 Å². The summed E-state index contributed by atoms with van der Waals surface area (Å²) in [6, 6.07) is 2.34. The second-order valence-corrected chi connectivity index (χ2v) is 5.91. The molecule has 3 N–H and O–H groups in total. The van der Waals surface area contributed by atoms with Gasteiger partial charge in [0.25, 0.3) is 0 Å². The van der Waals surface area contributed by atoms with Crippen LogP contribution in [0.15, 0.2) is 22.8 Å². The van der Waals surface area contributed by atoms with Crippen LogP contribution in [0, 0.1) is 0 Å². The predicted molar refractivity (Wildman–Crippen MR) is 75.7 cm³/mol. The first-order chi connectivity index (χ1) is 10.7. The SMILES string of the molecule is CC(O)(CNC(=O)NC1CCN(CC(F)(F)F)C1)c1ccco1. The molecule has 6 nitrogen and oxygen atoms in total. The van der Waals surface area contributed by atoms with Gasteiger partial charge in [0.15, 0.2) is 0 Å². The van der Waals surface area contributed by atoms with E-state index in [1.165, 1.54) is 18.1 Å². The van der Waals surface area contributed by atoms with Crippen molar-refractivity contribution in [1.29, 1.82) is 0 Å². The van der Waals surface area contributed by atoms with Gasteiger partial charge in [0.05, 0.1) is 19.4 Å². The molecule has 2 heterocycles. The summed E-state index contributed by atoms with van der Waals surface area (Å²) in [4.78, 5) is 13.1. The van der Waals surface area contributed by atoms with Crippen molar-refractivity contribution in [3.63, 3.8) is 0 Å². The first-order valence-electron chi connectivity index (χ1n) is 7.25. The maximum atomic E-state index is 12.3. The van der Waals surface area contributed by atoms with E-state index in [9.17, 15) is 23.1 Å². The summed E-state index contributed by atoms with van der Waals surface area (Å²) in [5.74, 6) is 0.315. The zero-order chi connectivity index (χ0) is 17.1. The molecule has 2 unspecified atom stereocenters. The number of furan rings is 1. The van der Waals surface area contributed by atoms with Gasteiger partial charge in [0.2, 0.25) is 0 Å². The summed E-state index contributed by atoms with van der Waals surface area (Å²) in [5.41, 5.74) is -1.36. The van der Waals surface area contributed by atoms with Crippen LogP contribution in [-0.2, 0) is 5.60 Å². The fraction of sp³-hybridized carbons (Fsp3) is 0.643. The fourth-order valence-electron chi connectivity index (χ4n) is 2.51. The van der Waals surface area contributed by atoms with Crippen LogP contribution < -0.4 is 10.6 Å².